The summed E-state index contributed by atoms with van der Waals surface area (Å²) in [6.07, 6.45) is 4.31. The molecule has 1 aliphatic carbocycles. The Bertz CT molecular complexity index is 797. The van der Waals surface area contributed by atoms with E-state index in [0.29, 0.717) is 16.5 Å². The van der Waals surface area contributed by atoms with Crippen molar-refractivity contribution in [1.82, 2.24) is 10.2 Å². The minimum absolute atomic E-state index is 0. The maximum absolute atomic E-state index is 12.8. The molecular weight excluding hydrogens is 415 g/mol. The molecule has 2 aromatic rings. The van der Waals surface area contributed by atoms with Crippen LogP contribution in [0.3, 0.4) is 0 Å². The topological polar surface area (TPSA) is 32.3 Å². The maximum atomic E-state index is 12.8. The Kier molecular flexibility index (Phi) is 8.63. The summed E-state index contributed by atoms with van der Waals surface area (Å²) in [6, 6.07) is 15.4. The van der Waals surface area contributed by atoms with Crippen LogP contribution in [0.5, 0.6) is 0 Å². The van der Waals surface area contributed by atoms with Gasteiger partial charge in [-0.15, -0.1) is 12.4 Å². The van der Waals surface area contributed by atoms with Gasteiger partial charge in [-0.2, -0.15) is 0 Å². The van der Waals surface area contributed by atoms with E-state index in [0.717, 1.165) is 36.3 Å². The first-order chi connectivity index (χ1) is 13.0. The molecule has 0 spiro atoms. The van der Waals surface area contributed by atoms with Gasteiger partial charge in [-0.05, 0) is 56.6 Å². The second-order valence-corrected chi connectivity index (χ2v) is 8.25. The zero-order valence-corrected chi connectivity index (χ0v) is 18.5. The molecule has 3 atom stereocenters. The zero-order valence-electron chi connectivity index (χ0n) is 16.2. The van der Waals surface area contributed by atoms with Gasteiger partial charge < -0.3 is 10.2 Å². The second-order valence-electron chi connectivity index (χ2n) is 7.44. The number of rotatable bonds is 5. The molecule has 0 radical (unpaired) electrons. The first-order valence-electron chi connectivity index (χ1n) is 9.45. The van der Waals surface area contributed by atoms with Crippen LogP contribution in [0.25, 0.3) is 0 Å². The van der Waals surface area contributed by atoms with Crippen molar-refractivity contribution in [1.29, 1.82) is 0 Å². The summed E-state index contributed by atoms with van der Waals surface area (Å²) in [7, 11) is 4.16. The number of halogens is 3. The molecule has 0 aromatic heterocycles. The van der Waals surface area contributed by atoms with E-state index in [2.05, 4.69) is 30.4 Å². The molecule has 1 unspecified atom stereocenters. The summed E-state index contributed by atoms with van der Waals surface area (Å²) in [5.74, 6) is 0.189. The third-order valence-corrected chi connectivity index (χ3v) is 6.11. The van der Waals surface area contributed by atoms with Gasteiger partial charge in [0.25, 0.3) is 5.91 Å². The monoisotopic (exact) mass is 440 g/mol. The fourth-order valence-corrected chi connectivity index (χ4v) is 4.68. The number of carbonyl (C=O) groups is 1. The minimum Gasteiger partial charge on any atom is -0.349 e. The van der Waals surface area contributed by atoms with Gasteiger partial charge in [0.05, 0.1) is 10.6 Å². The number of benzene rings is 2. The molecular formula is C22H27Cl3N2O. The van der Waals surface area contributed by atoms with Crippen LogP contribution >= 0.6 is 35.6 Å². The highest BCUT2D eigenvalue weighted by atomic mass is 35.5. The third-order valence-electron chi connectivity index (χ3n) is 5.44. The van der Waals surface area contributed by atoms with E-state index in [-0.39, 0.29) is 30.4 Å². The van der Waals surface area contributed by atoms with E-state index >= 15 is 0 Å². The van der Waals surface area contributed by atoms with Crippen LogP contribution in [0.1, 0.15) is 47.6 Å². The van der Waals surface area contributed by atoms with Crippen LogP contribution in [0.4, 0.5) is 0 Å². The predicted molar refractivity (Wildman–Crippen MR) is 120 cm³/mol. The van der Waals surface area contributed by atoms with Crippen LogP contribution < -0.4 is 5.32 Å². The molecule has 0 heterocycles. The highest BCUT2D eigenvalue weighted by Crippen LogP contribution is 2.40. The highest BCUT2D eigenvalue weighted by Gasteiger charge is 2.36. The molecule has 152 valence electrons. The SMILES string of the molecule is CN(C)C(c1ccccc1Cl)[C@@H]1CCCC[C@H]1NC(=O)c1ccccc1Cl.Cl. The summed E-state index contributed by atoms with van der Waals surface area (Å²) in [6.45, 7) is 0. The molecule has 3 rings (SSSR count). The lowest BCUT2D eigenvalue weighted by Gasteiger charge is -2.41. The van der Waals surface area contributed by atoms with Gasteiger partial charge in [-0.25, -0.2) is 0 Å². The Morgan fingerprint density at radius 3 is 2.25 bits per heavy atom. The second kappa shape index (κ2) is 10.5. The van der Waals surface area contributed by atoms with E-state index in [1.165, 1.54) is 0 Å². The Balaban J connectivity index is 0.00000280. The fraction of sp³-hybridized carbons (Fsp3) is 0.409. The Morgan fingerprint density at radius 1 is 1.00 bits per heavy atom. The van der Waals surface area contributed by atoms with Crippen molar-refractivity contribution in [3.05, 3.63) is 69.7 Å². The van der Waals surface area contributed by atoms with E-state index < -0.39 is 0 Å². The van der Waals surface area contributed by atoms with Crippen molar-refractivity contribution in [2.75, 3.05) is 14.1 Å². The Morgan fingerprint density at radius 2 is 1.61 bits per heavy atom. The van der Waals surface area contributed by atoms with Crippen molar-refractivity contribution in [3.63, 3.8) is 0 Å². The number of nitrogens with one attached hydrogen (secondary N) is 1. The van der Waals surface area contributed by atoms with Crippen molar-refractivity contribution < 1.29 is 4.79 Å². The van der Waals surface area contributed by atoms with Crippen LogP contribution in [0.2, 0.25) is 10.0 Å². The van der Waals surface area contributed by atoms with Crippen LogP contribution in [-0.4, -0.2) is 30.9 Å². The van der Waals surface area contributed by atoms with E-state index in [9.17, 15) is 4.79 Å². The lowest BCUT2D eigenvalue weighted by Crippen LogP contribution is -2.47. The van der Waals surface area contributed by atoms with Gasteiger partial charge in [0, 0.05) is 17.1 Å². The molecule has 1 saturated carbocycles. The minimum atomic E-state index is -0.103. The molecule has 3 nitrogen and oxygen atoms in total. The van der Waals surface area contributed by atoms with Crippen molar-refractivity contribution in [2.24, 2.45) is 5.92 Å². The fourth-order valence-electron chi connectivity index (χ4n) is 4.21. The summed E-state index contributed by atoms with van der Waals surface area (Å²) in [4.78, 5) is 15.1. The lowest BCUT2D eigenvalue weighted by atomic mass is 9.77. The smallest absolute Gasteiger partial charge is 0.253 e. The van der Waals surface area contributed by atoms with Crippen LogP contribution in [0.15, 0.2) is 48.5 Å². The number of hydrogen-bond donors (Lipinski definition) is 1. The van der Waals surface area contributed by atoms with E-state index in [1.54, 1.807) is 12.1 Å². The standard InChI is InChI=1S/C22H26Cl2N2O.ClH/c1-26(2)21(15-9-3-6-12-18(15)23)17-11-5-8-14-20(17)25-22(27)16-10-4-7-13-19(16)24;/h3-4,6-7,9-10,12-13,17,20-21H,5,8,11,14H2,1-2H3,(H,25,27);1H/t17-,20-,21?;/m1./s1. The van der Waals surface area contributed by atoms with E-state index in [4.69, 9.17) is 23.2 Å². The molecule has 1 amide bonds. The average Bonchev–Trinajstić information content (AvgIpc) is 2.65. The largest absolute Gasteiger partial charge is 0.349 e. The summed E-state index contributed by atoms with van der Waals surface area (Å²) >= 11 is 12.7. The van der Waals surface area contributed by atoms with Gasteiger partial charge >= 0.3 is 0 Å². The quantitative estimate of drug-likeness (QED) is 0.616. The van der Waals surface area contributed by atoms with Gasteiger partial charge in [0.2, 0.25) is 0 Å². The molecule has 1 fully saturated rings. The molecule has 0 aliphatic heterocycles. The van der Waals surface area contributed by atoms with Crippen molar-refractivity contribution in [3.8, 4) is 0 Å². The van der Waals surface area contributed by atoms with Gasteiger partial charge in [0.1, 0.15) is 0 Å². The molecule has 28 heavy (non-hydrogen) atoms. The molecule has 1 aliphatic rings. The first-order valence-corrected chi connectivity index (χ1v) is 10.2. The van der Waals surface area contributed by atoms with Gasteiger partial charge in [0.15, 0.2) is 0 Å². The first kappa shape index (κ1) is 23.0. The Hall–Kier alpha value is -1.26. The summed E-state index contributed by atoms with van der Waals surface area (Å²) in [5, 5.41) is 4.52. The Labute approximate surface area is 183 Å². The third kappa shape index (κ3) is 5.21. The average molecular weight is 442 g/mol. The van der Waals surface area contributed by atoms with Gasteiger partial charge in [-0.1, -0.05) is 66.4 Å². The van der Waals surface area contributed by atoms with E-state index in [1.807, 2.05) is 30.3 Å². The lowest BCUT2D eigenvalue weighted by molar-refractivity contribution is 0.0846. The number of carbonyl (C=O) groups excluding carboxylic acids is 1. The number of nitrogens with zero attached hydrogens (tertiary/aromatic N) is 1. The molecule has 6 heteroatoms. The molecule has 1 N–H and O–H groups in total. The van der Waals surface area contributed by atoms with Crippen LogP contribution in [0, 0.1) is 5.92 Å². The molecule has 2 aromatic carbocycles. The van der Waals surface area contributed by atoms with Crippen molar-refractivity contribution in [2.45, 2.75) is 37.8 Å². The van der Waals surface area contributed by atoms with Crippen molar-refractivity contribution >= 4 is 41.5 Å². The highest BCUT2D eigenvalue weighted by molar-refractivity contribution is 6.33. The summed E-state index contributed by atoms with van der Waals surface area (Å²) < 4.78 is 0. The molecule has 0 saturated heterocycles. The number of amides is 1. The predicted octanol–water partition coefficient (Wildman–Crippen LogP) is 6.01. The van der Waals surface area contributed by atoms with Crippen LogP contribution in [-0.2, 0) is 0 Å². The molecule has 0 bridgehead atoms. The zero-order chi connectivity index (χ0) is 19.4. The number of hydrogen-bond acceptors (Lipinski definition) is 2. The normalized spacial score (nSPS) is 20.3. The van der Waals surface area contributed by atoms with Gasteiger partial charge in [-0.3, -0.25) is 4.79 Å². The summed E-state index contributed by atoms with van der Waals surface area (Å²) in [5.41, 5.74) is 1.65. The maximum Gasteiger partial charge on any atom is 0.253 e.